The molecule has 2 heterocycles. The minimum absolute atomic E-state index is 0.0463. The number of nitrogens with one attached hydrogen (secondary N) is 2. The molecule has 1 fully saturated rings. The summed E-state index contributed by atoms with van der Waals surface area (Å²) in [6.07, 6.45) is -2.84. The Bertz CT molecular complexity index is 1020. The molecule has 2 aliphatic heterocycles. The topological polar surface area (TPSA) is 61.4 Å². The molecule has 2 unspecified atom stereocenters. The Kier molecular flexibility index (Phi) is 4.52. The molecule has 150 valence electrons. The number of amides is 2. The van der Waals surface area contributed by atoms with Gasteiger partial charge in [-0.25, -0.2) is 4.39 Å². The molecule has 0 aliphatic carbocycles. The van der Waals surface area contributed by atoms with E-state index in [0.29, 0.717) is 11.4 Å². The van der Waals surface area contributed by atoms with Crippen molar-refractivity contribution >= 4 is 17.5 Å². The minimum atomic E-state index is -4.46. The van der Waals surface area contributed by atoms with Crippen molar-refractivity contribution in [2.24, 2.45) is 0 Å². The minimum Gasteiger partial charge on any atom is -0.352 e. The van der Waals surface area contributed by atoms with Crippen LogP contribution in [0.1, 0.15) is 17.0 Å². The summed E-state index contributed by atoms with van der Waals surface area (Å²) in [7, 11) is 0. The summed E-state index contributed by atoms with van der Waals surface area (Å²) in [6.45, 7) is 0.117. The first-order chi connectivity index (χ1) is 13.7. The van der Waals surface area contributed by atoms with Crippen molar-refractivity contribution in [1.29, 1.82) is 0 Å². The van der Waals surface area contributed by atoms with Gasteiger partial charge < -0.3 is 10.6 Å². The smallest absolute Gasteiger partial charge is 0.352 e. The predicted octanol–water partition coefficient (Wildman–Crippen LogP) is 3.22. The summed E-state index contributed by atoms with van der Waals surface area (Å²) in [5, 5.41) is 5.13. The summed E-state index contributed by atoms with van der Waals surface area (Å²) in [5.41, 5.74) is -0.388. The number of nitrogens with zero attached hydrogens (tertiary/aromatic N) is 1. The highest BCUT2D eigenvalue weighted by Crippen LogP contribution is 2.35. The molecule has 1 saturated heterocycles. The first-order valence-electron chi connectivity index (χ1n) is 8.76. The van der Waals surface area contributed by atoms with E-state index in [4.69, 9.17) is 0 Å². The van der Waals surface area contributed by atoms with E-state index in [2.05, 4.69) is 10.6 Å². The summed E-state index contributed by atoms with van der Waals surface area (Å²) < 4.78 is 52.5. The Hall–Kier alpha value is -3.36. The van der Waals surface area contributed by atoms with E-state index in [1.165, 1.54) is 29.2 Å². The fourth-order valence-electron chi connectivity index (χ4n) is 3.42. The number of para-hydroxylation sites is 1. The third-order valence-corrected chi connectivity index (χ3v) is 4.87. The normalized spacial score (nSPS) is 20.9. The fourth-order valence-corrected chi connectivity index (χ4v) is 3.42. The Balaban J connectivity index is 1.50. The lowest BCUT2D eigenvalue weighted by atomic mass is 9.98. The van der Waals surface area contributed by atoms with Gasteiger partial charge in [-0.3, -0.25) is 14.5 Å². The van der Waals surface area contributed by atoms with Gasteiger partial charge in [-0.05, 0) is 29.8 Å². The van der Waals surface area contributed by atoms with Gasteiger partial charge in [-0.2, -0.15) is 13.2 Å². The van der Waals surface area contributed by atoms with Crippen LogP contribution in [-0.2, 0) is 15.8 Å². The van der Waals surface area contributed by atoms with Crippen LogP contribution in [-0.4, -0.2) is 29.3 Å². The lowest BCUT2D eigenvalue weighted by Crippen LogP contribution is -2.42. The molecule has 2 aliphatic rings. The van der Waals surface area contributed by atoms with Crippen LogP contribution < -0.4 is 10.6 Å². The van der Waals surface area contributed by atoms with Gasteiger partial charge in [0, 0.05) is 12.5 Å². The Labute approximate surface area is 163 Å². The predicted molar refractivity (Wildman–Crippen MR) is 95.9 cm³/mol. The molecule has 2 N–H and O–H groups in total. The SMILES string of the molecule is O=C(Nc1ccccc1F)C1NC2=CC(c3cccc(C(F)(F)F)c3)CN2C1=O. The molecule has 0 spiro atoms. The summed E-state index contributed by atoms with van der Waals surface area (Å²) in [5.74, 6) is -1.97. The van der Waals surface area contributed by atoms with Crippen LogP contribution in [0.5, 0.6) is 0 Å². The van der Waals surface area contributed by atoms with E-state index in [0.717, 1.165) is 12.1 Å². The van der Waals surface area contributed by atoms with Crippen molar-refractivity contribution in [3.05, 3.63) is 77.4 Å². The molecule has 2 aromatic carbocycles. The number of anilines is 1. The van der Waals surface area contributed by atoms with Crippen molar-refractivity contribution in [2.75, 3.05) is 11.9 Å². The molecule has 0 bridgehead atoms. The van der Waals surface area contributed by atoms with Gasteiger partial charge in [-0.15, -0.1) is 0 Å². The van der Waals surface area contributed by atoms with Gasteiger partial charge >= 0.3 is 6.18 Å². The van der Waals surface area contributed by atoms with Gasteiger partial charge in [0.1, 0.15) is 11.6 Å². The standard InChI is InChI=1S/C20H15F4N3O2/c21-14-6-1-2-7-15(14)25-18(28)17-19(29)27-10-12(9-16(27)26-17)11-4-3-5-13(8-11)20(22,23)24/h1-9,12,17,26H,10H2,(H,25,28). The summed E-state index contributed by atoms with van der Waals surface area (Å²) in [6, 6.07) is 9.25. The van der Waals surface area contributed by atoms with E-state index in [9.17, 15) is 27.2 Å². The highest BCUT2D eigenvalue weighted by molar-refractivity contribution is 6.12. The molecule has 9 heteroatoms. The maximum absolute atomic E-state index is 13.7. The van der Waals surface area contributed by atoms with Gasteiger partial charge in [0.25, 0.3) is 11.8 Å². The van der Waals surface area contributed by atoms with E-state index in [1.807, 2.05) is 0 Å². The third-order valence-electron chi connectivity index (χ3n) is 4.87. The number of carbonyl (C=O) groups excluding carboxylic acids is 2. The van der Waals surface area contributed by atoms with Crippen LogP contribution in [0.2, 0.25) is 0 Å². The molecule has 0 radical (unpaired) electrons. The summed E-state index contributed by atoms with van der Waals surface area (Å²) in [4.78, 5) is 26.3. The maximum Gasteiger partial charge on any atom is 0.416 e. The highest BCUT2D eigenvalue weighted by atomic mass is 19.4. The van der Waals surface area contributed by atoms with E-state index in [1.54, 1.807) is 18.2 Å². The highest BCUT2D eigenvalue weighted by Gasteiger charge is 2.44. The van der Waals surface area contributed by atoms with Crippen LogP contribution in [0.3, 0.4) is 0 Å². The number of rotatable bonds is 3. The molecule has 2 atom stereocenters. The number of carbonyl (C=O) groups is 2. The van der Waals surface area contributed by atoms with Gasteiger partial charge in [0.2, 0.25) is 0 Å². The third kappa shape index (κ3) is 3.55. The monoisotopic (exact) mass is 405 g/mol. The van der Waals surface area contributed by atoms with Crippen LogP contribution in [0.4, 0.5) is 23.2 Å². The average Bonchev–Trinajstić information content (AvgIpc) is 3.23. The lowest BCUT2D eigenvalue weighted by Gasteiger charge is -2.16. The van der Waals surface area contributed by atoms with E-state index in [-0.39, 0.29) is 12.2 Å². The first kappa shape index (κ1) is 19.0. The Morgan fingerprint density at radius 1 is 1.14 bits per heavy atom. The van der Waals surface area contributed by atoms with Gasteiger partial charge in [-0.1, -0.05) is 30.3 Å². The molecule has 5 nitrogen and oxygen atoms in total. The average molecular weight is 405 g/mol. The lowest BCUT2D eigenvalue weighted by molar-refractivity contribution is -0.137. The Morgan fingerprint density at radius 2 is 1.90 bits per heavy atom. The second-order valence-corrected chi connectivity index (χ2v) is 6.78. The van der Waals surface area contributed by atoms with Crippen LogP contribution in [0, 0.1) is 5.82 Å². The zero-order valence-electron chi connectivity index (χ0n) is 14.8. The number of hydrogen-bond donors (Lipinski definition) is 2. The van der Waals surface area contributed by atoms with Crippen LogP contribution in [0.15, 0.2) is 60.4 Å². The van der Waals surface area contributed by atoms with Crippen molar-refractivity contribution in [3.63, 3.8) is 0 Å². The van der Waals surface area contributed by atoms with Crippen LogP contribution in [0.25, 0.3) is 0 Å². The van der Waals surface area contributed by atoms with Gasteiger partial charge in [0.15, 0.2) is 6.04 Å². The number of fused-ring (bicyclic) bond motifs is 1. The number of halogens is 4. The largest absolute Gasteiger partial charge is 0.416 e. The van der Waals surface area contributed by atoms with Crippen LogP contribution >= 0.6 is 0 Å². The van der Waals surface area contributed by atoms with Crippen molar-refractivity contribution in [2.45, 2.75) is 18.1 Å². The second-order valence-electron chi connectivity index (χ2n) is 6.78. The molecule has 4 rings (SSSR count). The molecule has 2 aromatic rings. The number of hydrogen-bond acceptors (Lipinski definition) is 3. The molecule has 0 saturated carbocycles. The molecular formula is C20H15F4N3O2. The number of benzene rings is 2. The molecule has 29 heavy (non-hydrogen) atoms. The quantitative estimate of drug-likeness (QED) is 0.609. The van der Waals surface area contributed by atoms with Gasteiger partial charge in [0.05, 0.1) is 11.3 Å². The second kappa shape index (κ2) is 6.91. The van der Waals surface area contributed by atoms with E-state index < -0.39 is 41.3 Å². The Morgan fingerprint density at radius 3 is 2.59 bits per heavy atom. The summed E-state index contributed by atoms with van der Waals surface area (Å²) >= 11 is 0. The number of alkyl halides is 3. The molecule has 2 amide bonds. The zero-order valence-corrected chi connectivity index (χ0v) is 14.8. The van der Waals surface area contributed by atoms with Crippen molar-refractivity contribution in [1.82, 2.24) is 10.2 Å². The zero-order chi connectivity index (χ0) is 20.8. The van der Waals surface area contributed by atoms with E-state index >= 15 is 0 Å². The molecular weight excluding hydrogens is 390 g/mol. The molecule has 0 aromatic heterocycles. The van der Waals surface area contributed by atoms with Crippen molar-refractivity contribution in [3.8, 4) is 0 Å². The maximum atomic E-state index is 13.7. The fraction of sp³-hybridized carbons (Fsp3) is 0.200. The van der Waals surface area contributed by atoms with Crippen molar-refractivity contribution < 1.29 is 27.2 Å². The first-order valence-corrected chi connectivity index (χ1v) is 8.76.